The SMILES string of the molecule is C=CCC(C)(C)C.CC1(C)C2=C(CCC=C2)c2c1ccc1c2Oc2cccc(-c3ccc(Cc4ccccc4)cc3)c2O1.CN.NCc1ccc(-c2ccccc2)cc1. The first-order valence-electron chi connectivity index (χ1n) is 20.8. The molecule has 4 nitrogen and oxygen atoms in total. The van der Waals surface area contributed by atoms with Crippen LogP contribution in [0.4, 0.5) is 0 Å². The quantitative estimate of drug-likeness (QED) is 0.165. The van der Waals surface area contributed by atoms with Gasteiger partial charge in [-0.25, -0.2) is 0 Å². The lowest BCUT2D eigenvalue weighted by molar-refractivity contribution is 0.359. The molecule has 59 heavy (non-hydrogen) atoms. The molecule has 302 valence electrons. The summed E-state index contributed by atoms with van der Waals surface area (Å²) in [5.41, 5.74) is 24.3. The van der Waals surface area contributed by atoms with E-state index in [2.05, 4.69) is 174 Å². The second-order valence-electron chi connectivity index (χ2n) is 16.8. The van der Waals surface area contributed by atoms with Crippen molar-refractivity contribution in [2.45, 2.75) is 72.3 Å². The molecule has 0 amide bonds. The Morgan fingerprint density at radius 3 is 1.85 bits per heavy atom. The number of hydrogen-bond donors (Lipinski definition) is 2. The average Bonchev–Trinajstić information content (AvgIpc) is 3.50. The number of hydrogen-bond acceptors (Lipinski definition) is 4. The predicted molar refractivity (Wildman–Crippen MR) is 250 cm³/mol. The second kappa shape index (κ2) is 19.2. The van der Waals surface area contributed by atoms with E-state index < -0.39 is 0 Å². The monoisotopic (exact) mass is 780 g/mol. The summed E-state index contributed by atoms with van der Waals surface area (Å²) in [6, 6.07) is 48.6. The zero-order chi connectivity index (χ0) is 42.0. The van der Waals surface area contributed by atoms with E-state index in [0.29, 0.717) is 12.0 Å². The Balaban J connectivity index is 0.000000210. The number of ether oxygens (including phenoxy) is 2. The van der Waals surface area contributed by atoms with Crippen LogP contribution < -0.4 is 20.9 Å². The first kappa shape index (κ1) is 42.7. The molecule has 2 aliphatic carbocycles. The maximum atomic E-state index is 6.64. The van der Waals surface area contributed by atoms with Crippen LogP contribution in [0.15, 0.2) is 170 Å². The minimum atomic E-state index is -0.0242. The van der Waals surface area contributed by atoms with Crippen molar-refractivity contribution in [1.82, 2.24) is 0 Å². The summed E-state index contributed by atoms with van der Waals surface area (Å²) in [4.78, 5) is 0. The summed E-state index contributed by atoms with van der Waals surface area (Å²) >= 11 is 0. The van der Waals surface area contributed by atoms with Gasteiger partial charge in [0.2, 0.25) is 0 Å². The third kappa shape index (κ3) is 10.0. The molecule has 1 heterocycles. The summed E-state index contributed by atoms with van der Waals surface area (Å²) < 4.78 is 13.2. The van der Waals surface area contributed by atoms with Crippen molar-refractivity contribution in [2.75, 3.05) is 7.05 Å². The molecule has 9 rings (SSSR count). The molecular weight excluding hydrogens is 721 g/mol. The normalized spacial score (nSPS) is 13.8. The fourth-order valence-electron chi connectivity index (χ4n) is 7.90. The lowest BCUT2D eigenvalue weighted by atomic mass is 9.80. The zero-order valence-electron chi connectivity index (χ0n) is 35.7. The number of rotatable bonds is 6. The van der Waals surface area contributed by atoms with Gasteiger partial charge >= 0.3 is 0 Å². The summed E-state index contributed by atoms with van der Waals surface area (Å²) in [6.07, 6.45) is 10.7. The molecule has 3 aliphatic rings. The van der Waals surface area contributed by atoms with Gasteiger partial charge in [0.25, 0.3) is 0 Å². The molecule has 0 aromatic heterocycles. The first-order chi connectivity index (χ1) is 28.6. The Bertz CT molecular complexity index is 2380. The van der Waals surface area contributed by atoms with E-state index in [0.717, 1.165) is 59.8 Å². The smallest absolute Gasteiger partial charge is 0.177 e. The number of fused-ring (bicyclic) bond motifs is 5. The highest BCUT2D eigenvalue weighted by Crippen LogP contribution is 2.59. The Morgan fingerprint density at radius 2 is 1.22 bits per heavy atom. The van der Waals surface area contributed by atoms with Crippen LogP contribution in [-0.4, -0.2) is 7.05 Å². The van der Waals surface area contributed by atoms with Crippen molar-refractivity contribution in [3.8, 4) is 45.3 Å². The fraction of sp³-hybridized carbons (Fsp3) is 0.236. The van der Waals surface area contributed by atoms with Crippen LogP contribution in [0.25, 0.3) is 27.8 Å². The molecule has 0 saturated carbocycles. The molecule has 0 radical (unpaired) electrons. The highest BCUT2D eigenvalue weighted by molar-refractivity contribution is 5.89. The molecular formula is C55H60N2O2. The molecule has 0 saturated heterocycles. The highest BCUT2D eigenvalue weighted by atomic mass is 16.6. The molecule has 0 atom stereocenters. The maximum Gasteiger partial charge on any atom is 0.177 e. The van der Waals surface area contributed by atoms with E-state index >= 15 is 0 Å². The van der Waals surface area contributed by atoms with Gasteiger partial charge in [-0.3, -0.25) is 0 Å². The van der Waals surface area contributed by atoms with Crippen molar-refractivity contribution in [3.63, 3.8) is 0 Å². The third-order valence-electron chi connectivity index (χ3n) is 10.9. The molecule has 4 heteroatoms. The van der Waals surface area contributed by atoms with Gasteiger partial charge in [0.15, 0.2) is 23.0 Å². The van der Waals surface area contributed by atoms with Crippen molar-refractivity contribution in [2.24, 2.45) is 16.9 Å². The lowest BCUT2D eigenvalue weighted by Gasteiger charge is -2.27. The molecule has 0 unspecified atom stereocenters. The van der Waals surface area contributed by atoms with E-state index in [1.807, 2.05) is 30.3 Å². The van der Waals surface area contributed by atoms with Crippen LogP contribution in [0.3, 0.4) is 0 Å². The molecule has 0 spiro atoms. The van der Waals surface area contributed by atoms with Crippen LogP contribution >= 0.6 is 0 Å². The van der Waals surface area contributed by atoms with Crippen molar-refractivity contribution >= 4 is 5.57 Å². The molecule has 4 N–H and O–H groups in total. The van der Waals surface area contributed by atoms with Crippen molar-refractivity contribution < 1.29 is 9.47 Å². The summed E-state index contributed by atoms with van der Waals surface area (Å²) in [5, 5.41) is 0. The van der Waals surface area contributed by atoms with Gasteiger partial charge in [0, 0.05) is 23.1 Å². The Hall–Kier alpha value is -5.94. The third-order valence-corrected chi connectivity index (χ3v) is 10.9. The van der Waals surface area contributed by atoms with Gasteiger partial charge in [-0.15, -0.1) is 6.58 Å². The van der Waals surface area contributed by atoms with E-state index in [4.69, 9.17) is 15.2 Å². The number of para-hydroxylation sites is 1. The lowest BCUT2D eigenvalue weighted by Crippen LogP contribution is -2.16. The largest absolute Gasteiger partial charge is 0.449 e. The molecule has 6 aromatic carbocycles. The van der Waals surface area contributed by atoms with Gasteiger partial charge in [-0.05, 0) is 100 Å². The van der Waals surface area contributed by atoms with Crippen molar-refractivity contribution in [3.05, 3.63) is 198 Å². The Morgan fingerprint density at radius 1 is 0.644 bits per heavy atom. The first-order valence-corrected chi connectivity index (χ1v) is 20.8. The van der Waals surface area contributed by atoms with Crippen LogP contribution in [-0.2, 0) is 18.4 Å². The number of allylic oxidation sites excluding steroid dienone is 5. The number of benzene rings is 6. The van der Waals surface area contributed by atoms with E-state index in [9.17, 15) is 0 Å². The highest BCUT2D eigenvalue weighted by Gasteiger charge is 2.41. The van der Waals surface area contributed by atoms with Crippen LogP contribution in [0.5, 0.6) is 23.0 Å². The summed E-state index contributed by atoms with van der Waals surface area (Å²) in [7, 11) is 1.50. The van der Waals surface area contributed by atoms with Gasteiger partial charge in [0.1, 0.15) is 0 Å². The van der Waals surface area contributed by atoms with Gasteiger partial charge in [-0.1, -0.05) is 180 Å². The van der Waals surface area contributed by atoms with Gasteiger partial charge < -0.3 is 20.9 Å². The molecule has 6 aromatic rings. The van der Waals surface area contributed by atoms with E-state index in [1.165, 1.54) is 57.1 Å². The minimum absolute atomic E-state index is 0.0242. The topological polar surface area (TPSA) is 70.5 Å². The second-order valence-corrected chi connectivity index (χ2v) is 16.8. The van der Waals surface area contributed by atoms with E-state index in [-0.39, 0.29) is 5.41 Å². The molecule has 0 bridgehead atoms. The fourth-order valence-corrected chi connectivity index (χ4v) is 7.90. The van der Waals surface area contributed by atoms with Crippen LogP contribution in [0, 0.1) is 5.41 Å². The van der Waals surface area contributed by atoms with Crippen LogP contribution in [0.2, 0.25) is 0 Å². The molecule has 0 fully saturated rings. The maximum absolute atomic E-state index is 6.64. The summed E-state index contributed by atoms with van der Waals surface area (Å²) in [6.45, 7) is 15.5. The Kier molecular flexibility index (Phi) is 13.9. The predicted octanol–water partition coefficient (Wildman–Crippen LogP) is 14.2. The van der Waals surface area contributed by atoms with E-state index in [1.54, 1.807) is 0 Å². The Labute approximate surface area is 352 Å². The standard InChI is InChI=1S/C34H28O2.C13H13N.C7H14.CH5N/c1-34(2)27-13-7-6-11-26(27)31-28(34)19-20-30-33(31)36-29-14-8-12-25(32(29)35-30)24-17-15-23(16-18-24)21-22-9-4-3-5-10-22;14-10-11-6-8-13(9-7-11)12-4-2-1-3-5-12;1-5-6-7(2,3)4;1-2/h3-5,7-10,12-20H,6,11,21H2,1-2H3;1-9H,10,14H2;5H,1,6H2,2-4H3;2H2,1H3. The number of nitrogens with two attached hydrogens (primary N) is 2. The van der Waals surface area contributed by atoms with Crippen LogP contribution in [0.1, 0.15) is 81.7 Å². The average molecular weight is 781 g/mol. The minimum Gasteiger partial charge on any atom is -0.449 e. The molecule has 1 aliphatic heterocycles. The van der Waals surface area contributed by atoms with Gasteiger partial charge in [0.05, 0.1) is 0 Å². The van der Waals surface area contributed by atoms with Crippen molar-refractivity contribution in [1.29, 1.82) is 0 Å². The zero-order valence-corrected chi connectivity index (χ0v) is 35.7. The van der Waals surface area contributed by atoms with Gasteiger partial charge in [-0.2, -0.15) is 0 Å². The summed E-state index contributed by atoms with van der Waals surface area (Å²) in [5.74, 6) is 3.23.